The maximum Gasteiger partial charge on any atom is 0.450 e. The Labute approximate surface area is 120 Å². The minimum atomic E-state index is -4.68. The fourth-order valence-corrected chi connectivity index (χ4v) is 2.73. The molecule has 21 heavy (non-hydrogen) atoms. The molecular formula is C13H7F3N2O2S. The number of nitrogens with zero attached hydrogens (tertiary/aromatic N) is 2. The molecule has 0 fully saturated rings. The second kappa shape index (κ2) is 4.59. The first-order valence-electron chi connectivity index (χ1n) is 5.74. The molecule has 0 spiro atoms. The van der Waals surface area contributed by atoms with Crippen LogP contribution in [-0.4, -0.2) is 20.6 Å². The summed E-state index contributed by atoms with van der Waals surface area (Å²) in [5.74, 6) is -2.45. The molecule has 2 heterocycles. The van der Waals surface area contributed by atoms with Crippen LogP contribution in [0.2, 0.25) is 0 Å². The zero-order valence-electron chi connectivity index (χ0n) is 10.3. The molecule has 108 valence electrons. The zero-order valence-corrected chi connectivity index (χ0v) is 11.1. The van der Waals surface area contributed by atoms with Gasteiger partial charge in [-0.2, -0.15) is 24.5 Å². The van der Waals surface area contributed by atoms with Crippen molar-refractivity contribution in [3.8, 4) is 5.69 Å². The van der Waals surface area contributed by atoms with Gasteiger partial charge in [0.25, 0.3) is 0 Å². The molecule has 0 atom stereocenters. The Kier molecular flexibility index (Phi) is 2.98. The smallest absolute Gasteiger partial charge is 0.450 e. The van der Waals surface area contributed by atoms with Crippen LogP contribution in [-0.2, 0) is 6.18 Å². The third-order valence-corrected chi connectivity index (χ3v) is 3.60. The van der Waals surface area contributed by atoms with Gasteiger partial charge in [0.1, 0.15) is 5.52 Å². The van der Waals surface area contributed by atoms with Crippen molar-refractivity contribution in [1.29, 1.82) is 0 Å². The molecule has 0 aliphatic heterocycles. The monoisotopic (exact) mass is 312 g/mol. The zero-order chi connectivity index (χ0) is 15.2. The number of carboxylic acids is 1. The molecule has 3 aromatic rings. The van der Waals surface area contributed by atoms with E-state index in [2.05, 4.69) is 4.98 Å². The van der Waals surface area contributed by atoms with Crippen LogP contribution in [0.4, 0.5) is 13.2 Å². The summed E-state index contributed by atoms with van der Waals surface area (Å²) < 4.78 is 40.5. The Morgan fingerprint density at radius 3 is 2.62 bits per heavy atom. The van der Waals surface area contributed by atoms with Crippen LogP contribution in [0.1, 0.15) is 16.2 Å². The van der Waals surface area contributed by atoms with Crippen LogP contribution in [0.3, 0.4) is 0 Å². The number of fused-ring (bicyclic) bond motifs is 1. The van der Waals surface area contributed by atoms with Crippen LogP contribution < -0.4 is 0 Å². The first-order valence-corrected chi connectivity index (χ1v) is 6.68. The number of aromatic carboxylic acids is 1. The summed E-state index contributed by atoms with van der Waals surface area (Å²) in [5, 5.41) is 12.3. The lowest BCUT2D eigenvalue weighted by atomic mass is 10.2. The van der Waals surface area contributed by atoms with Crippen molar-refractivity contribution in [2.75, 3.05) is 0 Å². The second-order valence-corrected chi connectivity index (χ2v) is 5.01. The van der Waals surface area contributed by atoms with Gasteiger partial charge < -0.3 is 5.11 Å². The average Bonchev–Trinajstić information content (AvgIpc) is 3.03. The molecule has 0 bridgehead atoms. The van der Waals surface area contributed by atoms with E-state index < -0.39 is 18.0 Å². The predicted molar refractivity (Wildman–Crippen MR) is 70.9 cm³/mol. The number of carbonyl (C=O) groups is 1. The van der Waals surface area contributed by atoms with E-state index in [-0.39, 0.29) is 16.6 Å². The molecule has 3 rings (SSSR count). The number of para-hydroxylation sites is 1. The number of thiophene rings is 1. The lowest BCUT2D eigenvalue weighted by Crippen LogP contribution is -2.13. The van der Waals surface area contributed by atoms with Crippen molar-refractivity contribution in [3.63, 3.8) is 0 Å². The molecule has 0 saturated heterocycles. The first kappa shape index (κ1) is 13.6. The molecule has 0 amide bonds. The van der Waals surface area contributed by atoms with Crippen molar-refractivity contribution < 1.29 is 23.1 Å². The van der Waals surface area contributed by atoms with Crippen LogP contribution in [0.15, 0.2) is 35.0 Å². The molecule has 0 unspecified atom stereocenters. The van der Waals surface area contributed by atoms with E-state index in [0.29, 0.717) is 5.69 Å². The Hall–Kier alpha value is -2.35. The van der Waals surface area contributed by atoms with E-state index in [9.17, 15) is 18.0 Å². The van der Waals surface area contributed by atoms with Gasteiger partial charge in [0.2, 0.25) is 5.82 Å². The van der Waals surface area contributed by atoms with Crippen LogP contribution >= 0.6 is 11.3 Å². The van der Waals surface area contributed by atoms with Gasteiger partial charge in [0.15, 0.2) is 0 Å². The van der Waals surface area contributed by atoms with Gasteiger partial charge in [0.05, 0.1) is 16.8 Å². The quantitative estimate of drug-likeness (QED) is 0.783. The normalized spacial score (nSPS) is 12.0. The maximum atomic E-state index is 13.2. The summed E-state index contributed by atoms with van der Waals surface area (Å²) in [6, 6.07) is 5.57. The summed E-state index contributed by atoms with van der Waals surface area (Å²) in [6.07, 6.45) is -4.68. The van der Waals surface area contributed by atoms with Crippen molar-refractivity contribution in [3.05, 3.63) is 46.4 Å². The highest BCUT2D eigenvalue weighted by Crippen LogP contribution is 2.35. The van der Waals surface area contributed by atoms with Crippen LogP contribution in [0, 0.1) is 0 Å². The number of imidazole rings is 1. The Morgan fingerprint density at radius 2 is 2.05 bits per heavy atom. The number of alkyl halides is 3. The number of carboxylic acid groups (broad SMARTS) is 1. The van der Waals surface area contributed by atoms with Gasteiger partial charge in [0, 0.05) is 5.38 Å². The van der Waals surface area contributed by atoms with E-state index in [4.69, 9.17) is 5.11 Å². The molecule has 0 aliphatic carbocycles. The first-order chi connectivity index (χ1) is 9.89. The van der Waals surface area contributed by atoms with E-state index >= 15 is 0 Å². The Balaban J connectivity index is 2.43. The molecule has 1 aromatic carbocycles. The number of benzene rings is 1. The Bertz CT molecular complexity index is 822. The van der Waals surface area contributed by atoms with Crippen molar-refractivity contribution in [1.82, 2.24) is 9.55 Å². The van der Waals surface area contributed by atoms with Crippen molar-refractivity contribution in [2.24, 2.45) is 0 Å². The number of hydrogen-bond acceptors (Lipinski definition) is 3. The van der Waals surface area contributed by atoms with Gasteiger partial charge in [-0.1, -0.05) is 6.07 Å². The number of rotatable bonds is 2. The van der Waals surface area contributed by atoms with Gasteiger partial charge in [-0.05, 0) is 23.6 Å². The Morgan fingerprint density at radius 1 is 1.29 bits per heavy atom. The summed E-state index contributed by atoms with van der Waals surface area (Å²) >= 11 is 1.24. The van der Waals surface area contributed by atoms with E-state index in [1.807, 2.05) is 0 Å². The fourth-order valence-electron chi connectivity index (χ4n) is 2.11. The molecule has 0 radical (unpaired) electrons. The van der Waals surface area contributed by atoms with Gasteiger partial charge in [-0.15, -0.1) is 0 Å². The number of hydrogen-bond donors (Lipinski definition) is 1. The average molecular weight is 312 g/mol. The fraction of sp³-hybridized carbons (Fsp3) is 0.0769. The van der Waals surface area contributed by atoms with E-state index in [1.54, 1.807) is 10.8 Å². The number of halogens is 3. The largest absolute Gasteiger partial charge is 0.478 e. The topological polar surface area (TPSA) is 55.1 Å². The molecule has 0 aliphatic rings. The van der Waals surface area contributed by atoms with Crippen molar-refractivity contribution >= 4 is 28.3 Å². The van der Waals surface area contributed by atoms with Gasteiger partial charge in [-0.25, -0.2) is 9.78 Å². The molecular weight excluding hydrogens is 305 g/mol. The van der Waals surface area contributed by atoms with Crippen LogP contribution in [0.5, 0.6) is 0 Å². The number of aromatic nitrogens is 2. The third-order valence-electron chi connectivity index (χ3n) is 2.93. The van der Waals surface area contributed by atoms with E-state index in [1.165, 1.54) is 35.6 Å². The molecule has 1 N–H and O–H groups in total. The highest BCUT2D eigenvalue weighted by Gasteiger charge is 2.38. The van der Waals surface area contributed by atoms with Crippen LogP contribution in [0.25, 0.3) is 16.7 Å². The maximum absolute atomic E-state index is 13.2. The predicted octanol–water partition coefficient (Wildman–Crippen LogP) is 3.80. The highest BCUT2D eigenvalue weighted by atomic mass is 32.1. The highest BCUT2D eigenvalue weighted by molar-refractivity contribution is 7.08. The molecule has 0 saturated carbocycles. The minimum absolute atomic E-state index is 0.112. The standard InChI is InChI=1S/C13H7F3N2O2S/c14-13(15,16)12-17-10-8(11(19)20)2-1-3-9(10)18(12)7-4-5-21-6-7/h1-6H,(H,19,20). The van der Waals surface area contributed by atoms with E-state index in [0.717, 1.165) is 4.57 Å². The summed E-state index contributed by atoms with van der Waals surface area (Å²) in [4.78, 5) is 14.7. The SMILES string of the molecule is O=C(O)c1cccc2c1nc(C(F)(F)F)n2-c1ccsc1. The minimum Gasteiger partial charge on any atom is -0.478 e. The summed E-state index contributed by atoms with van der Waals surface area (Å²) in [5.41, 5.74) is -0.0199. The third kappa shape index (κ3) is 2.17. The summed E-state index contributed by atoms with van der Waals surface area (Å²) in [7, 11) is 0. The second-order valence-electron chi connectivity index (χ2n) is 4.23. The van der Waals surface area contributed by atoms with Gasteiger partial charge >= 0.3 is 12.1 Å². The molecule has 2 aromatic heterocycles. The van der Waals surface area contributed by atoms with Crippen molar-refractivity contribution in [2.45, 2.75) is 6.18 Å². The summed E-state index contributed by atoms with van der Waals surface area (Å²) in [6.45, 7) is 0. The molecule has 8 heteroatoms. The molecule has 4 nitrogen and oxygen atoms in total. The lowest BCUT2D eigenvalue weighted by molar-refractivity contribution is -0.145. The lowest BCUT2D eigenvalue weighted by Gasteiger charge is -2.09. The van der Waals surface area contributed by atoms with Gasteiger partial charge in [-0.3, -0.25) is 4.57 Å².